The highest BCUT2D eigenvalue weighted by Gasteiger charge is 2.32. The monoisotopic (exact) mass is 356 g/mol. The lowest BCUT2D eigenvalue weighted by Gasteiger charge is -2.30. The average molecular weight is 356 g/mol. The molecule has 6 heteroatoms. The number of hydrogen-bond donors (Lipinski definition) is 0. The number of fused-ring (bicyclic) bond motifs is 1. The Kier molecular flexibility index (Phi) is 4.09. The molecule has 0 bridgehead atoms. The van der Waals surface area contributed by atoms with E-state index in [0.717, 1.165) is 29.5 Å². The summed E-state index contributed by atoms with van der Waals surface area (Å²) >= 11 is 0. The van der Waals surface area contributed by atoms with Crippen molar-refractivity contribution >= 4 is 21.1 Å². The third-order valence-corrected chi connectivity index (χ3v) is 6.88. The number of rotatable bonds is 3. The number of nitrogens with zero attached hydrogens (tertiary/aromatic N) is 2. The van der Waals surface area contributed by atoms with Crippen molar-refractivity contribution < 1.29 is 12.8 Å². The predicted molar refractivity (Wildman–Crippen MR) is 95.9 cm³/mol. The van der Waals surface area contributed by atoms with Gasteiger partial charge in [-0.05, 0) is 43.5 Å². The second-order valence-corrected chi connectivity index (χ2v) is 8.37. The number of piperidine rings is 1. The van der Waals surface area contributed by atoms with Crippen molar-refractivity contribution in [3.05, 3.63) is 60.0 Å². The maximum Gasteiger partial charge on any atom is 0.243 e. The van der Waals surface area contributed by atoms with Gasteiger partial charge in [0.25, 0.3) is 0 Å². The molecule has 1 aromatic heterocycles. The van der Waals surface area contributed by atoms with E-state index in [2.05, 4.69) is 4.98 Å². The molecule has 1 saturated heterocycles. The van der Waals surface area contributed by atoms with Crippen molar-refractivity contribution in [1.29, 1.82) is 0 Å². The quantitative estimate of drug-likeness (QED) is 0.718. The van der Waals surface area contributed by atoms with Crippen LogP contribution < -0.4 is 0 Å². The van der Waals surface area contributed by atoms with E-state index in [1.54, 1.807) is 16.4 Å². The minimum atomic E-state index is -3.44. The van der Waals surface area contributed by atoms with E-state index in [9.17, 15) is 8.42 Å². The number of benzene rings is 2. The third-order valence-electron chi connectivity index (χ3n) is 4.83. The normalized spacial score (nSPS) is 17.2. The fourth-order valence-electron chi connectivity index (χ4n) is 3.39. The number of para-hydroxylation sites is 2. The van der Waals surface area contributed by atoms with Gasteiger partial charge in [-0.3, -0.25) is 0 Å². The highest BCUT2D eigenvalue weighted by molar-refractivity contribution is 7.89. The molecule has 4 rings (SSSR count). The lowest BCUT2D eigenvalue weighted by Crippen LogP contribution is -2.38. The van der Waals surface area contributed by atoms with E-state index < -0.39 is 10.0 Å². The van der Waals surface area contributed by atoms with Crippen molar-refractivity contribution in [2.45, 2.75) is 30.6 Å². The first-order chi connectivity index (χ1) is 12.1. The summed E-state index contributed by atoms with van der Waals surface area (Å²) in [4.78, 5) is 4.96. The van der Waals surface area contributed by atoms with Crippen LogP contribution in [-0.4, -0.2) is 30.8 Å². The molecule has 1 aliphatic heterocycles. The number of sulfonamides is 1. The molecular weight excluding hydrogens is 336 g/mol. The summed E-state index contributed by atoms with van der Waals surface area (Å²) in [7, 11) is -3.44. The van der Waals surface area contributed by atoms with Gasteiger partial charge in [0.1, 0.15) is 5.52 Å². The molecule has 1 aliphatic rings. The summed E-state index contributed by atoms with van der Waals surface area (Å²) in [5, 5.41) is 0. The summed E-state index contributed by atoms with van der Waals surface area (Å²) in [6, 6.07) is 14.8. The molecule has 5 nitrogen and oxygen atoms in total. The van der Waals surface area contributed by atoms with Gasteiger partial charge in [0.05, 0.1) is 4.90 Å². The Labute approximate surface area is 147 Å². The maximum absolute atomic E-state index is 12.9. The van der Waals surface area contributed by atoms with Crippen molar-refractivity contribution in [2.75, 3.05) is 13.1 Å². The van der Waals surface area contributed by atoms with E-state index in [1.807, 2.05) is 43.3 Å². The molecule has 0 unspecified atom stereocenters. The molecule has 130 valence electrons. The minimum Gasteiger partial charge on any atom is -0.440 e. The topological polar surface area (TPSA) is 63.4 Å². The van der Waals surface area contributed by atoms with Gasteiger partial charge < -0.3 is 4.42 Å². The van der Waals surface area contributed by atoms with Crippen LogP contribution in [-0.2, 0) is 10.0 Å². The van der Waals surface area contributed by atoms with Crippen molar-refractivity contribution in [3.8, 4) is 0 Å². The Bertz CT molecular complexity index is 969. The molecule has 0 radical (unpaired) electrons. The van der Waals surface area contributed by atoms with Crippen LogP contribution in [0.15, 0.2) is 57.8 Å². The average Bonchev–Trinajstić information content (AvgIpc) is 3.06. The largest absolute Gasteiger partial charge is 0.440 e. The second kappa shape index (κ2) is 6.28. The lowest BCUT2D eigenvalue weighted by molar-refractivity contribution is 0.293. The van der Waals surface area contributed by atoms with Gasteiger partial charge in [0.15, 0.2) is 11.5 Å². The lowest BCUT2D eigenvalue weighted by atomic mass is 9.98. The molecule has 25 heavy (non-hydrogen) atoms. The van der Waals surface area contributed by atoms with Crippen molar-refractivity contribution in [1.82, 2.24) is 9.29 Å². The Hall–Kier alpha value is -2.18. The molecule has 0 amide bonds. The molecule has 0 aliphatic carbocycles. The summed E-state index contributed by atoms with van der Waals surface area (Å²) in [5.74, 6) is 0.879. The SMILES string of the molecule is Cc1ccccc1S(=O)(=O)N1CCC(c2nc3ccccc3o2)CC1. The molecular formula is C19H20N2O3S. The molecule has 0 spiro atoms. The summed E-state index contributed by atoms with van der Waals surface area (Å²) in [6.07, 6.45) is 1.44. The Morgan fingerprint density at radius 2 is 1.72 bits per heavy atom. The predicted octanol–water partition coefficient (Wildman–Crippen LogP) is 3.70. The van der Waals surface area contributed by atoms with E-state index in [4.69, 9.17) is 4.42 Å². The highest BCUT2D eigenvalue weighted by atomic mass is 32.2. The first-order valence-electron chi connectivity index (χ1n) is 8.47. The zero-order chi connectivity index (χ0) is 17.4. The zero-order valence-corrected chi connectivity index (χ0v) is 14.9. The number of oxazole rings is 1. The highest BCUT2D eigenvalue weighted by Crippen LogP contribution is 2.32. The van der Waals surface area contributed by atoms with Gasteiger partial charge in [-0.1, -0.05) is 30.3 Å². The van der Waals surface area contributed by atoms with Crippen LogP contribution in [0.1, 0.15) is 30.2 Å². The van der Waals surface area contributed by atoms with Crippen LogP contribution in [0.5, 0.6) is 0 Å². The molecule has 0 saturated carbocycles. The number of aromatic nitrogens is 1. The van der Waals surface area contributed by atoms with Gasteiger partial charge >= 0.3 is 0 Å². The van der Waals surface area contributed by atoms with Crippen LogP contribution in [0.4, 0.5) is 0 Å². The Balaban J connectivity index is 1.52. The third kappa shape index (κ3) is 2.96. The fraction of sp³-hybridized carbons (Fsp3) is 0.316. The standard InChI is InChI=1S/C19H20N2O3S/c1-14-6-2-5-9-18(14)25(22,23)21-12-10-15(11-13-21)19-20-16-7-3-4-8-17(16)24-19/h2-9,15H,10-13H2,1H3. The van der Waals surface area contributed by atoms with Gasteiger partial charge in [-0.25, -0.2) is 13.4 Å². The Morgan fingerprint density at radius 3 is 2.44 bits per heavy atom. The molecule has 0 N–H and O–H groups in total. The van der Waals surface area contributed by atoms with E-state index in [0.29, 0.717) is 23.9 Å². The molecule has 1 fully saturated rings. The van der Waals surface area contributed by atoms with Crippen LogP contribution in [0.2, 0.25) is 0 Å². The summed E-state index contributed by atoms with van der Waals surface area (Å²) < 4.78 is 33.2. The Morgan fingerprint density at radius 1 is 1.04 bits per heavy atom. The van der Waals surface area contributed by atoms with Crippen molar-refractivity contribution in [2.24, 2.45) is 0 Å². The minimum absolute atomic E-state index is 0.163. The van der Waals surface area contributed by atoms with E-state index in [-0.39, 0.29) is 5.92 Å². The fourth-order valence-corrected chi connectivity index (χ4v) is 5.09. The molecule has 3 aromatic rings. The maximum atomic E-state index is 12.9. The molecule has 2 aromatic carbocycles. The summed E-state index contributed by atoms with van der Waals surface area (Å²) in [5.41, 5.74) is 2.42. The molecule has 0 atom stereocenters. The number of aryl methyl sites for hydroxylation is 1. The van der Waals surface area contributed by atoms with Gasteiger partial charge in [-0.15, -0.1) is 0 Å². The van der Waals surface area contributed by atoms with Gasteiger partial charge in [0.2, 0.25) is 10.0 Å². The van der Waals surface area contributed by atoms with Crippen LogP contribution in [0.25, 0.3) is 11.1 Å². The number of hydrogen-bond acceptors (Lipinski definition) is 4. The van der Waals surface area contributed by atoms with Crippen LogP contribution >= 0.6 is 0 Å². The molecule has 2 heterocycles. The van der Waals surface area contributed by atoms with Crippen LogP contribution in [0, 0.1) is 6.92 Å². The van der Waals surface area contributed by atoms with Crippen molar-refractivity contribution in [3.63, 3.8) is 0 Å². The smallest absolute Gasteiger partial charge is 0.243 e. The zero-order valence-electron chi connectivity index (χ0n) is 14.1. The first-order valence-corrected chi connectivity index (χ1v) is 9.91. The van der Waals surface area contributed by atoms with Crippen LogP contribution in [0.3, 0.4) is 0 Å². The van der Waals surface area contributed by atoms with Gasteiger partial charge in [-0.2, -0.15) is 4.31 Å². The summed E-state index contributed by atoms with van der Waals surface area (Å²) in [6.45, 7) is 2.80. The first kappa shape index (κ1) is 16.3. The van der Waals surface area contributed by atoms with Gasteiger partial charge in [0, 0.05) is 19.0 Å². The second-order valence-electron chi connectivity index (χ2n) is 6.46. The van der Waals surface area contributed by atoms with E-state index >= 15 is 0 Å². The van der Waals surface area contributed by atoms with E-state index in [1.165, 1.54) is 0 Å².